The van der Waals surface area contributed by atoms with Gasteiger partial charge >= 0.3 is 0 Å². The summed E-state index contributed by atoms with van der Waals surface area (Å²) in [5.74, 6) is 0.517. The maximum Gasteiger partial charge on any atom is 0.223 e. The Morgan fingerprint density at radius 2 is 2.21 bits per heavy atom. The van der Waals surface area contributed by atoms with Gasteiger partial charge in [-0.3, -0.25) is 14.9 Å². The fourth-order valence-corrected chi connectivity index (χ4v) is 5.73. The second-order valence-corrected chi connectivity index (χ2v) is 7.90. The molecule has 1 amide bonds. The number of hydrogen-bond acceptors (Lipinski definition) is 3. The van der Waals surface area contributed by atoms with Gasteiger partial charge in [-0.1, -0.05) is 30.7 Å². The van der Waals surface area contributed by atoms with E-state index in [4.69, 9.17) is 0 Å². The fourth-order valence-electron chi connectivity index (χ4n) is 5.73. The van der Waals surface area contributed by atoms with Crippen molar-refractivity contribution >= 4 is 5.91 Å². The Morgan fingerprint density at radius 1 is 1.42 bits per heavy atom. The highest BCUT2D eigenvalue weighted by atomic mass is 16.6. The Bertz CT molecular complexity index is 717. The van der Waals surface area contributed by atoms with E-state index >= 15 is 0 Å². The number of carbonyl (C=O) groups is 1. The number of nitrogens with zero attached hydrogens (tertiary/aromatic N) is 2. The molecule has 1 aliphatic carbocycles. The van der Waals surface area contributed by atoms with Crippen LogP contribution < -0.4 is 0 Å². The first-order valence-corrected chi connectivity index (χ1v) is 8.96. The monoisotopic (exact) mass is 328 g/mol. The Hall–Kier alpha value is -1.91. The van der Waals surface area contributed by atoms with E-state index in [1.807, 2.05) is 0 Å². The molecule has 1 aromatic carbocycles. The molecular formula is C19H24N2O3. The molecule has 24 heavy (non-hydrogen) atoms. The normalized spacial score (nSPS) is 34.5. The number of rotatable bonds is 2. The van der Waals surface area contributed by atoms with Crippen LogP contribution in [0.2, 0.25) is 0 Å². The van der Waals surface area contributed by atoms with Crippen LogP contribution in [0, 0.1) is 34.8 Å². The smallest absolute Gasteiger partial charge is 0.223 e. The van der Waals surface area contributed by atoms with Crippen LogP contribution in [-0.2, 0) is 16.8 Å². The SMILES string of the molecule is Cc1ccc2c(c1)CCCN1C(=O)CC3[C@H](C[N+](=O)[O-])[C@@H](C)C[C@]231. The molecule has 1 aromatic rings. The van der Waals surface area contributed by atoms with Crippen molar-refractivity contribution in [3.8, 4) is 0 Å². The minimum Gasteiger partial charge on any atom is -0.333 e. The van der Waals surface area contributed by atoms with Crippen molar-refractivity contribution < 1.29 is 9.72 Å². The van der Waals surface area contributed by atoms with Crippen LogP contribution in [0.3, 0.4) is 0 Å². The highest BCUT2D eigenvalue weighted by Gasteiger charge is 2.63. The zero-order valence-corrected chi connectivity index (χ0v) is 14.3. The average Bonchev–Trinajstić information content (AvgIpc) is 2.84. The number of fused-ring (bicyclic) bond motifs is 1. The first-order chi connectivity index (χ1) is 11.4. The van der Waals surface area contributed by atoms with Crippen molar-refractivity contribution in [1.29, 1.82) is 0 Å². The van der Waals surface area contributed by atoms with Crippen molar-refractivity contribution in [1.82, 2.24) is 4.90 Å². The third-order valence-corrected chi connectivity index (χ3v) is 6.59. The van der Waals surface area contributed by atoms with E-state index in [1.165, 1.54) is 16.7 Å². The van der Waals surface area contributed by atoms with Crippen LogP contribution in [0.4, 0.5) is 0 Å². The van der Waals surface area contributed by atoms with Gasteiger partial charge < -0.3 is 4.90 Å². The molecule has 128 valence electrons. The van der Waals surface area contributed by atoms with Gasteiger partial charge in [0.25, 0.3) is 0 Å². The highest BCUT2D eigenvalue weighted by Crippen LogP contribution is 2.60. The summed E-state index contributed by atoms with van der Waals surface area (Å²) in [7, 11) is 0. The summed E-state index contributed by atoms with van der Waals surface area (Å²) >= 11 is 0. The molecule has 0 aromatic heterocycles. The molecule has 3 aliphatic rings. The Labute approximate surface area is 142 Å². The summed E-state index contributed by atoms with van der Waals surface area (Å²) < 4.78 is 0. The van der Waals surface area contributed by atoms with Crippen LogP contribution >= 0.6 is 0 Å². The van der Waals surface area contributed by atoms with Gasteiger partial charge in [-0.25, -0.2) is 0 Å². The zero-order chi connectivity index (χ0) is 17.1. The summed E-state index contributed by atoms with van der Waals surface area (Å²) in [5.41, 5.74) is 3.54. The van der Waals surface area contributed by atoms with Crippen molar-refractivity contribution in [2.75, 3.05) is 13.1 Å². The molecule has 1 unspecified atom stereocenters. The van der Waals surface area contributed by atoms with Gasteiger partial charge in [0.05, 0.1) is 5.54 Å². The lowest BCUT2D eigenvalue weighted by Crippen LogP contribution is -2.45. The summed E-state index contributed by atoms with van der Waals surface area (Å²) in [5, 5.41) is 11.2. The summed E-state index contributed by atoms with van der Waals surface area (Å²) in [6.07, 6.45) is 3.29. The van der Waals surface area contributed by atoms with Gasteiger partial charge in [0.15, 0.2) is 0 Å². The van der Waals surface area contributed by atoms with Gasteiger partial charge in [0.2, 0.25) is 12.5 Å². The number of hydrogen-bond donors (Lipinski definition) is 0. The van der Waals surface area contributed by atoms with E-state index in [0.717, 1.165) is 25.8 Å². The molecule has 4 rings (SSSR count). The molecule has 4 atom stereocenters. The third kappa shape index (κ3) is 2.03. The molecule has 2 heterocycles. The van der Waals surface area contributed by atoms with Crippen LogP contribution in [0.5, 0.6) is 0 Å². The zero-order valence-electron chi connectivity index (χ0n) is 14.3. The second-order valence-electron chi connectivity index (χ2n) is 7.90. The molecule has 1 spiro atoms. The van der Waals surface area contributed by atoms with Gasteiger partial charge in [-0.05, 0) is 43.2 Å². The minimum atomic E-state index is -0.309. The Balaban J connectivity index is 1.88. The average molecular weight is 328 g/mol. The molecule has 0 radical (unpaired) electrons. The van der Waals surface area contributed by atoms with E-state index in [9.17, 15) is 14.9 Å². The van der Waals surface area contributed by atoms with E-state index < -0.39 is 0 Å². The lowest BCUT2D eigenvalue weighted by Gasteiger charge is -2.39. The molecule has 5 heteroatoms. The van der Waals surface area contributed by atoms with Crippen molar-refractivity contribution in [3.63, 3.8) is 0 Å². The third-order valence-electron chi connectivity index (χ3n) is 6.59. The largest absolute Gasteiger partial charge is 0.333 e. The molecule has 0 bridgehead atoms. The van der Waals surface area contributed by atoms with Gasteiger partial charge in [-0.2, -0.15) is 0 Å². The Kier molecular flexibility index (Phi) is 3.44. The van der Waals surface area contributed by atoms with E-state index in [2.05, 4.69) is 36.9 Å². The predicted molar refractivity (Wildman–Crippen MR) is 90.1 cm³/mol. The molecule has 2 fully saturated rings. The number of nitro groups is 1. The molecule has 2 aliphatic heterocycles. The van der Waals surface area contributed by atoms with E-state index in [1.54, 1.807) is 0 Å². The molecular weight excluding hydrogens is 304 g/mol. The van der Waals surface area contributed by atoms with E-state index in [-0.39, 0.29) is 40.7 Å². The number of benzene rings is 1. The first-order valence-electron chi connectivity index (χ1n) is 8.96. The summed E-state index contributed by atoms with van der Waals surface area (Å²) in [6, 6.07) is 6.57. The van der Waals surface area contributed by atoms with Crippen molar-refractivity contribution in [2.45, 2.75) is 45.1 Å². The number of aryl methyl sites for hydroxylation is 2. The molecule has 1 saturated carbocycles. The van der Waals surface area contributed by atoms with Crippen LogP contribution in [0.1, 0.15) is 42.9 Å². The lowest BCUT2D eigenvalue weighted by atomic mass is 9.76. The Morgan fingerprint density at radius 3 is 2.96 bits per heavy atom. The van der Waals surface area contributed by atoms with Gasteiger partial charge in [0, 0.05) is 29.7 Å². The molecule has 0 N–H and O–H groups in total. The van der Waals surface area contributed by atoms with Gasteiger partial charge in [-0.15, -0.1) is 0 Å². The van der Waals surface area contributed by atoms with Gasteiger partial charge in [0.1, 0.15) is 0 Å². The second kappa shape index (κ2) is 5.30. The maximum absolute atomic E-state index is 12.7. The lowest BCUT2D eigenvalue weighted by molar-refractivity contribution is -0.491. The minimum absolute atomic E-state index is 0.0128. The fraction of sp³-hybridized carbons (Fsp3) is 0.632. The van der Waals surface area contributed by atoms with Crippen LogP contribution in [0.15, 0.2) is 18.2 Å². The molecule has 5 nitrogen and oxygen atoms in total. The van der Waals surface area contributed by atoms with Crippen LogP contribution in [0.25, 0.3) is 0 Å². The molecule has 1 saturated heterocycles. The first kappa shape index (κ1) is 15.6. The highest BCUT2D eigenvalue weighted by molar-refractivity contribution is 5.81. The van der Waals surface area contributed by atoms with Crippen molar-refractivity contribution in [3.05, 3.63) is 45.0 Å². The maximum atomic E-state index is 12.7. The number of amides is 1. The standard InChI is InChI=1S/C19H24N2O3/c1-12-5-6-16-14(8-12)4-3-7-20-18(22)9-17-15(11-21(23)24)13(2)10-19(16,17)20/h5-6,8,13,15,17H,3-4,7,9-11H2,1-2H3/t13-,15+,17?,19-/m0/s1. The topological polar surface area (TPSA) is 63.5 Å². The predicted octanol–water partition coefficient (Wildman–Crippen LogP) is 2.92. The number of carbonyl (C=O) groups excluding carboxylic acids is 1. The quantitative estimate of drug-likeness (QED) is 0.619. The summed E-state index contributed by atoms with van der Waals surface area (Å²) in [4.78, 5) is 25.8. The van der Waals surface area contributed by atoms with Crippen LogP contribution in [-0.4, -0.2) is 28.8 Å². The van der Waals surface area contributed by atoms with E-state index in [0.29, 0.717) is 6.42 Å². The van der Waals surface area contributed by atoms with Crippen molar-refractivity contribution in [2.24, 2.45) is 17.8 Å². The summed E-state index contributed by atoms with van der Waals surface area (Å²) in [6.45, 7) is 4.99.